The van der Waals surface area contributed by atoms with Gasteiger partial charge in [0.2, 0.25) is 0 Å². The number of benzene rings is 1. The monoisotopic (exact) mass is 309 g/mol. The maximum Gasteiger partial charge on any atom is 0.170 e. The fourth-order valence-electron chi connectivity index (χ4n) is 1.68. The van der Waals surface area contributed by atoms with Gasteiger partial charge in [-0.2, -0.15) is 4.68 Å². The largest absolute Gasteiger partial charge is 0.310 e. The van der Waals surface area contributed by atoms with E-state index in [0.717, 1.165) is 34.5 Å². The molecule has 1 aromatic heterocycles. The second-order valence-electron chi connectivity index (χ2n) is 4.09. The third kappa shape index (κ3) is 2.76. The number of halogens is 1. The van der Waals surface area contributed by atoms with Crippen LogP contribution < -0.4 is 5.32 Å². The zero-order valence-corrected chi connectivity index (χ0v) is 12.1. The van der Waals surface area contributed by atoms with Gasteiger partial charge in [-0.15, -0.1) is 5.10 Å². The molecular formula is C12H16BrN5. The minimum atomic E-state index is 0.668. The van der Waals surface area contributed by atoms with Gasteiger partial charge in [0, 0.05) is 4.47 Å². The van der Waals surface area contributed by atoms with Crippen molar-refractivity contribution < 1.29 is 0 Å². The average molecular weight is 310 g/mol. The lowest BCUT2D eigenvalue weighted by Crippen LogP contribution is -2.17. The van der Waals surface area contributed by atoms with E-state index in [9.17, 15) is 0 Å². The molecule has 1 aromatic carbocycles. The summed E-state index contributed by atoms with van der Waals surface area (Å²) >= 11 is 3.58. The van der Waals surface area contributed by atoms with E-state index in [1.54, 1.807) is 4.68 Å². The summed E-state index contributed by atoms with van der Waals surface area (Å²) in [5.41, 5.74) is 2.13. The van der Waals surface area contributed by atoms with Gasteiger partial charge in [0.15, 0.2) is 5.82 Å². The molecule has 96 valence electrons. The second kappa shape index (κ2) is 6.06. The van der Waals surface area contributed by atoms with Crippen molar-refractivity contribution in [3.05, 3.63) is 34.1 Å². The number of nitrogens with one attached hydrogen (secondary N) is 1. The van der Waals surface area contributed by atoms with Gasteiger partial charge in [-0.1, -0.05) is 19.1 Å². The molecule has 18 heavy (non-hydrogen) atoms. The van der Waals surface area contributed by atoms with Crippen LogP contribution in [0, 0.1) is 6.92 Å². The predicted molar refractivity (Wildman–Crippen MR) is 73.6 cm³/mol. The molecule has 2 rings (SSSR count). The van der Waals surface area contributed by atoms with Crippen LogP contribution in [0.5, 0.6) is 0 Å². The van der Waals surface area contributed by atoms with Crippen molar-refractivity contribution in [2.45, 2.75) is 26.8 Å². The maximum absolute atomic E-state index is 4.05. The van der Waals surface area contributed by atoms with E-state index in [-0.39, 0.29) is 0 Å². The Labute approximate surface area is 115 Å². The first kappa shape index (κ1) is 13.2. The van der Waals surface area contributed by atoms with E-state index < -0.39 is 0 Å². The average Bonchev–Trinajstić information content (AvgIpc) is 2.81. The Kier molecular flexibility index (Phi) is 4.43. The van der Waals surface area contributed by atoms with Crippen molar-refractivity contribution >= 4 is 15.9 Å². The lowest BCUT2D eigenvalue weighted by molar-refractivity contribution is 0.632. The van der Waals surface area contributed by atoms with E-state index in [1.807, 2.05) is 25.1 Å². The Morgan fingerprint density at radius 3 is 3.00 bits per heavy atom. The summed E-state index contributed by atoms with van der Waals surface area (Å²) in [5, 5.41) is 15.2. The summed E-state index contributed by atoms with van der Waals surface area (Å²) in [4.78, 5) is 0. The van der Waals surface area contributed by atoms with E-state index in [2.05, 4.69) is 43.7 Å². The fraction of sp³-hybridized carbons (Fsp3) is 0.417. The molecule has 6 heteroatoms. The number of aromatic nitrogens is 4. The van der Waals surface area contributed by atoms with Gasteiger partial charge in [0.05, 0.1) is 12.2 Å². The third-order valence-electron chi connectivity index (χ3n) is 2.64. The van der Waals surface area contributed by atoms with Crippen LogP contribution in [0.1, 0.15) is 24.7 Å². The Morgan fingerprint density at radius 2 is 2.22 bits per heavy atom. The van der Waals surface area contributed by atoms with Crippen molar-refractivity contribution in [2.24, 2.45) is 0 Å². The molecule has 0 unspecified atom stereocenters. The lowest BCUT2D eigenvalue weighted by Gasteiger charge is -2.08. The van der Waals surface area contributed by atoms with Gasteiger partial charge in [0.1, 0.15) is 0 Å². The molecule has 1 heterocycles. The highest BCUT2D eigenvalue weighted by Crippen LogP contribution is 2.24. The molecule has 5 nitrogen and oxygen atoms in total. The summed E-state index contributed by atoms with van der Waals surface area (Å²) in [6.07, 6.45) is 1.09. The molecule has 0 atom stereocenters. The zero-order chi connectivity index (χ0) is 13.0. The minimum Gasteiger partial charge on any atom is -0.310 e. The van der Waals surface area contributed by atoms with Crippen molar-refractivity contribution in [3.63, 3.8) is 0 Å². The minimum absolute atomic E-state index is 0.668. The van der Waals surface area contributed by atoms with Gasteiger partial charge >= 0.3 is 0 Å². The van der Waals surface area contributed by atoms with Crippen molar-refractivity contribution in [2.75, 3.05) is 6.54 Å². The summed E-state index contributed by atoms with van der Waals surface area (Å²) in [6.45, 7) is 5.81. The Balaban J connectivity index is 2.28. The molecule has 0 saturated carbocycles. The number of rotatable bonds is 5. The molecule has 0 aliphatic rings. The lowest BCUT2D eigenvalue weighted by atomic mass is 10.2. The van der Waals surface area contributed by atoms with Crippen LogP contribution in [0.4, 0.5) is 0 Å². The molecule has 0 saturated heterocycles. The summed E-state index contributed by atoms with van der Waals surface area (Å²) in [5.74, 6) is 0.815. The summed E-state index contributed by atoms with van der Waals surface area (Å²) in [6, 6.07) is 6.05. The quantitative estimate of drug-likeness (QED) is 0.861. The molecule has 0 spiro atoms. The third-order valence-corrected chi connectivity index (χ3v) is 3.68. The molecule has 0 aliphatic heterocycles. The molecule has 0 aliphatic carbocycles. The fourth-order valence-corrected chi connectivity index (χ4v) is 2.11. The van der Waals surface area contributed by atoms with Crippen LogP contribution in [0.25, 0.3) is 5.69 Å². The SMILES string of the molecule is CCCNCc1nnnn1-c1cccc(C)c1Br. The van der Waals surface area contributed by atoms with Crippen molar-refractivity contribution in [1.82, 2.24) is 25.5 Å². The second-order valence-corrected chi connectivity index (χ2v) is 4.88. The highest BCUT2D eigenvalue weighted by Gasteiger charge is 2.11. The first-order chi connectivity index (χ1) is 8.74. The van der Waals surface area contributed by atoms with Crippen LogP contribution >= 0.6 is 15.9 Å². The number of aryl methyl sites for hydroxylation is 1. The van der Waals surface area contributed by atoms with Gasteiger partial charge in [-0.25, -0.2) is 0 Å². The zero-order valence-electron chi connectivity index (χ0n) is 10.5. The smallest absolute Gasteiger partial charge is 0.170 e. The number of nitrogens with zero attached hydrogens (tertiary/aromatic N) is 4. The predicted octanol–water partition coefficient (Wildman–Crippen LogP) is 2.23. The van der Waals surface area contributed by atoms with E-state index >= 15 is 0 Å². The van der Waals surface area contributed by atoms with Gasteiger partial charge in [-0.05, 0) is 57.9 Å². The first-order valence-corrected chi connectivity index (χ1v) is 6.76. The van der Waals surface area contributed by atoms with Crippen molar-refractivity contribution in [1.29, 1.82) is 0 Å². The van der Waals surface area contributed by atoms with Crippen LogP contribution in [-0.4, -0.2) is 26.8 Å². The highest BCUT2D eigenvalue weighted by atomic mass is 79.9. The number of hydrogen-bond donors (Lipinski definition) is 1. The normalized spacial score (nSPS) is 10.8. The molecule has 0 radical (unpaired) electrons. The number of tetrazole rings is 1. The van der Waals surface area contributed by atoms with Crippen LogP contribution in [0.3, 0.4) is 0 Å². The molecule has 1 N–H and O–H groups in total. The molecule has 0 bridgehead atoms. The molecule has 0 amide bonds. The number of hydrogen-bond acceptors (Lipinski definition) is 4. The van der Waals surface area contributed by atoms with Crippen LogP contribution in [0.15, 0.2) is 22.7 Å². The summed E-state index contributed by atoms with van der Waals surface area (Å²) < 4.78 is 2.79. The highest BCUT2D eigenvalue weighted by molar-refractivity contribution is 9.10. The van der Waals surface area contributed by atoms with E-state index in [1.165, 1.54) is 0 Å². The maximum atomic E-state index is 4.05. The molecule has 0 fully saturated rings. The molecular weight excluding hydrogens is 294 g/mol. The standard InChI is InChI=1S/C12H16BrN5/c1-3-7-14-8-11-15-16-17-18(11)10-6-4-5-9(2)12(10)13/h4-6,14H,3,7-8H2,1-2H3. The molecule has 2 aromatic rings. The van der Waals surface area contributed by atoms with Crippen molar-refractivity contribution in [3.8, 4) is 5.69 Å². The Bertz CT molecular complexity index is 523. The van der Waals surface area contributed by atoms with E-state index in [0.29, 0.717) is 6.54 Å². The topological polar surface area (TPSA) is 55.6 Å². The summed E-state index contributed by atoms with van der Waals surface area (Å²) in [7, 11) is 0. The van der Waals surface area contributed by atoms with Crippen LogP contribution in [0.2, 0.25) is 0 Å². The Morgan fingerprint density at radius 1 is 1.39 bits per heavy atom. The van der Waals surface area contributed by atoms with Gasteiger partial charge in [0.25, 0.3) is 0 Å². The first-order valence-electron chi connectivity index (χ1n) is 5.97. The van der Waals surface area contributed by atoms with Gasteiger partial charge in [-0.3, -0.25) is 0 Å². The Hall–Kier alpha value is -1.27. The van der Waals surface area contributed by atoms with E-state index in [4.69, 9.17) is 0 Å². The van der Waals surface area contributed by atoms with Gasteiger partial charge < -0.3 is 5.32 Å². The van der Waals surface area contributed by atoms with Crippen LogP contribution in [-0.2, 0) is 6.54 Å².